The second kappa shape index (κ2) is 5.80. The van der Waals surface area contributed by atoms with Crippen LogP contribution in [0.1, 0.15) is 35.9 Å². The van der Waals surface area contributed by atoms with E-state index in [9.17, 15) is 24.8 Å². The molecule has 21 heavy (non-hydrogen) atoms. The van der Waals surface area contributed by atoms with Gasteiger partial charge in [0, 0.05) is 19.2 Å². The standard InChI is InChI=1S/C13H16N2O5S/c1-2-13(12(17)18)6-3-7-14(8-13)11(16)9-4-5-10(21-9)15(19)20/h4-5H,2-3,6-8H2,1H3,(H,17,18). The van der Waals surface area contributed by atoms with Crippen molar-refractivity contribution in [3.63, 3.8) is 0 Å². The van der Waals surface area contributed by atoms with Crippen LogP contribution in [0, 0.1) is 15.5 Å². The lowest BCUT2D eigenvalue weighted by atomic mass is 9.77. The minimum Gasteiger partial charge on any atom is -0.481 e. The SMILES string of the molecule is CCC1(C(=O)O)CCCN(C(=O)c2ccc([N+](=O)[O-])s2)C1. The number of aliphatic carboxylic acids is 1. The first kappa shape index (κ1) is 15.4. The van der Waals surface area contributed by atoms with Crippen molar-refractivity contribution in [3.8, 4) is 0 Å². The highest BCUT2D eigenvalue weighted by Crippen LogP contribution is 2.35. The van der Waals surface area contributed by atoms with E-state index in [1.807, 2.05) is 0 Å². The maximum Gasteiger partial charge on any atom is 0.324 e. The molecule has 1 aromatic heterocycles. The molecule has 1 fully saturated rings. The van der Waals surface area contributed by atoms with E-state index in [1.54, 1.807) is 6.92 Å². The van der Waals surface area contributed by atoms with Crippen molar-refractivity contribution in [2.75, 3.05) is 13.1 Å². The molecule has 114 valence electrons. The van der Waals surface area contributed by atoms with E-state index in [2.05, 4.69) is 0 Å². The molecule has 2 heterocycles. The highest BCUT2D eigenvalue weighted by molar-refractivity contribution is 7.17. The second-order valence-corrected chi connectivity index (χ2v) is 6.23. The molecule has 1 N–H and O–H groups in total. The van der Waals surface area contributed by atoms with Crippen molar-refractivity contribution in [2.24, 2.45) is 5.41 Å². The van der Waals surface area contributed by atoms with Gasteiger partial charge < -0.3 is 10.0 Å². The van der Waals surface area contributed by atoms with Crippen molar-refractivity contribution in [2.45, 2.75) is 26.2 Å². The van der Waals surface area contributed by atoms with Crippen molar-refractivity contribution < 1.29 is 19.6 Å². The number of carbonyl (C=O) groups excluding carboxylic acids is 1. The Labute approximate surface area is 125 Å². The summed E-state index contributed by atoms with van der Waals surface area (Å²) < 4.78 is 0. The Morgan fingerprint density at radius 1 is 1.52 bits per heavy atom. The topological polar surface area (TPSA) is 101 Å². The van der Waals surface area contributed by atoms with Crippen molar-refractivity contribution in [3.05, 3.63) is 27.1 Å². The van der Waals surface area contributed by atoms with Crippen LogP contribution in [-0.2, 0) is 4.79 Å². The number of thiophene rings is 1. The molecular weight excluding hydrogens is 296 g/mol. The van der Waals surface area contributed by atoms with Gasteiger partial charge in [-0.05, 0) is 25.3 Å². The first-order chi connectivity index (χ1) is 9.89. The summed E-state index contributed by atoms with van der Waals surface area (Å²) in [5.41, 5.74) is -0.906. The lowest BCUT2D eigenvalue weighted by molar-refractivity contribution is -0.380. The third-order valence-electron chi connectivity index (χ3n) is 3.98. The number of nitro groups is 1. The maximum atomic E-state index is 12.4. The molecule has 0 aliphatic carbocycles. The van der Waals surface area contributed by atoms with Crippen LogP contribution in [0.5, 0.6) is 0 Å². The summed E-state index contributed by atoms with van der Waals surface area (Å²) in [6.45, 7) is 2.45. The molecule has 2 rings (SSSR count). The first-order valence-electron chi connectivity index (χ1n) is 6.66. The zero-order valence-electron chi connectivity index (χ0n) is 11.6. The number of hydrogen-bond acceptors (Lipinski definition) is 5. The maximum absolute atomic E-state index is 12.4. The lowest BCUT2D eigenvalue weighted by Gasteiger charge is -2.39. The van der Waals surface area contributed by atoms with Gasteiger partial charge in [0.05, 0.1) is 15.2 Å². The number of rotatable bonds is 4. The van der Waals surface area contributed by atoms with E-state index in [4.69, 9.17) is 0 Å². The summed E-state index contributed by atoms with van der Waals surface area (Å²) in [4.78, 5) is 35.8. The number of nitrogens with zero attached hydrogens (tertiary/aromatic N) is 2. The van der Waals surface area contributed by atoms with Gasteiger partial charge in [0.2, 0.25) is 0 Å². The van der Waals surface area contributed by atoms with E-state index < -0.39 is 16.3 Å². The largest absolute Gasteiger partial charge is 0.481 e. The molecule has 0 spiro atoms. The molecule has 1 unspecified atom stereocenters. The summed E-state index contributed by atoms with van der Waals surface area (Å²) in [6.07, 6.45) is 1.63. The van der Waals surface area contributed by atoms with E-state index in [0.717, 1.165) is 11.3 Å². The minimum absolute atomic E-state index is 0.0876. The van der Waals surface area contributed by atoms with E-state index in [1.165, 1.54) is 17.0 Å². The van der Waals surface area contributed by atoms with E-state index in [-0.39, 0.29) is 22.3 Å². The predicted octanol–water partition coefficient (Wildman–Crippen LogP) is 2.37. The first-order valence-corrected chi connectivity index (χ1v) is 7.48. The van der Waals surface area contributed by atoms with Crippen LogP contribution >= 0.6 is 11.3 Å². The van der Waals surface area contributed by atoms with Gasteiger partial charge in [-0.25, -0.2) is 0 Å². The van der Waals surface area contributed by atoms with Crippen molar-refractivity contribution >= 4 is 28.2 Å². The second-order valence-electron chi connectivity index (χ2n) is 5.16. The van der Waals surface area contributed by atoms with Crippen LogP contribution < -0.4 is 0 Å². The van der Waals surface area contributed by atoms with E-state index >= 15 is 0 Å². The Morgan fingerprint density at radius 2 is 2.24 bits per heavy atom. The van der Waals surface area contributed by atoms with Crippen LogP contribution in [0.4, 0.5) is 5.00 Å². The fourth-order valence-corrected chi connectivity index (χ4v) is 3.40. The Balaban J connectivity index is 2.18. The smallest absolute Gasteiger partial charge is 0.324 e. The highest BCUT2D eigenvalue weighted by atomic mass is 32.1. The molecule has 1 atom stereocenters. The minimum atomic E-state index is -0.906. The molecule has 1 aromatic rings. The average Bonchev–Trinajstić information content (AvgIpc) is 2.96. The average molecular weight is 312 g/mol. The van der Waals surface area contributed by atoms with Gasteiger partial charge >= 0.3 is 11.0 Å². The van der Waals surface area contributed by atoms with Crippen LogP contribution in [0.3, 0.4) is 0 Å². The summed E-state index contributed by atoms with van der Waals surface area (Å²) >= 11 is 0.821. The highest BCUT2D eigenvalue weighted by Gasteiger charge is 2.42. The zero-order valence-corrected chi connectivity index (χ0v) is 12.4. The summed E-state index contributed by atoms with van der Waals surface area (Å²) in [5.74, 6) is -1.22. The number of carboxylic acids is 1. The van der Waals surface area contributed by atoms with Gasteiger partial charge in [0.1, 0.15) is 0 Å². The summed E-state index contributed by atoms with van der Waals surface area (Å²) in [5, 5.41) is 20.0. The Bertz CT molecular complexity index is 585. The molecule has 1 amide bonds. The lowest BCUT2D eigenvalue weighted by Crippen LogP contribution is -2.49. The van der Waals surface area contributed by atoms with Crippen LogP contribution in [-0.4, -0.2) is 39.9 Å². The molecule has 1 aliphatic rings. The van der Waals surface area contributed by atoms with Crippen LogP contribution in [0.15, 0.2) is 12.1 Å². The van der Waals surface area contributed by atoms with Gasteiger partial charge in [0.25, 0.3) is 5.91 Å². The fraction of sp³-hybridized carbons (Fsp3) is 0.538. The molecule has 0 aromatic carbocycles. The molecular formula is C13H16N2O5S. The Kier molecular flexibility index (Phi) is 4.26. The normalized spacial score (nSPS) is 22.0. The third-order valence-corrected chi connectivity index (χ3v) is 5.00. The van der Waals surface area contributed by atoms with Gasteiger partial charge in [-0.15, -0.1) is 0 Å². The zero-order chi connectivity index (χ0) is 15.6. The molecule has 0 radical (unpaired) electrons. The van der Waals surface area contributed by atoms with Gasteiger partial charge in [-0.2, -0.15) is 0 Å². The number of hydrogen-bond donors (Lipinski definition) is 1. The fourth-order valence-electron chi connectivity index (χ4n) is 2.62. The number of carbonyl (C=O) groups is 2. The number of piperidine rings is 1. The molecule has 7 nitrogen and oxygen atoms in total. The Morgan fingerprint density at radius 3 is 2.76 bits per heavy atom. The summed E-state index contributed by atoms with van der Waals surface area (Å²) in [7, 11) is 0. The number of carboxylic acid groups (broad SMARTS) is 1. The number of amides is 1. The van der Waals surface area contributed by atoms with Crippen molar-refractivity contribution in [1.82, 2.24) is 4.90 Å². The Hall–Kier alpha value is -1.96. The van der Waals surface area contributed by atoms with Gasteiger partial charge in [-0.3, -0.25) is 19.7 Å². The monoisotopic (exact) mass is 312 g/mol. The van der Waals surface area contributed by atoms with Crippen LogP contribution in [0.2, 0.25) is 0 Å². The number of likely N-dealkylation sites (tertiary alicyclic amines) is 1. The van der Waals surface area contributed by atoms with E-state index in [0.29, 0.717) is 25.8 Å². The van der Waals surface area contributed by atoms with Crippen molar-refractivity contribution in [1.29, 1.82) is 0 Å². The third kappa shape index (κ3) is 2.90. The van der Waals surface area contributed by atoms with Gasteiger partial charge in [0.15, 0.2) is 0 Å². The molecule has 1 saturated heterocycles. The molecule has 0 bridgehead atoms. The molecule has 1 aliphatic heterocycles. The predicted molar refractivity (Wildman–Crippen MR) is 76.5 cm³/mol. The molecule has 8 heteroatoms. The quantitative estimate of drug-likeness (QED) is 0.679. The summed E-state index contributed by atoms with van der Waals surface area (Å²) in [6, 6.07) is 2.72. The van der Waals surface area contributed by atoms with Crippen LogP contribution in [0.25, 0.3) is 0 Å². The molecule has 0 saturated carbocycles. The van der Waals surface area contributed by atoms with Gasteiger partial charge in [-0.1, -0.05) is 18.3 Å².